The van der Waals surface area contributed by atoms with Crippen LogP contribution in [0.5, 0.6) is 5.75 Å². The summed E-state index contributed by atoms with van der Waals surface area (Å²) in [6, 6.07) is 14.6. The molecule has 2 aromatic carbocycles. The smallest absolute Gasteiger partial charge is 0.410 e. The summed E-state index contributed by atoms with van der Waals surface area (Å²) in [6.45, 7) is 4.91. The van der Waals surface area contributed by atoms with Crippen molar-refractivity contribution in [3.8, 4) is 16.9 Å². The first-order chi connectivity index (χ1) is 13.7. The molecule has 156 valence electrons. The van der Waals surface area contributed by atoms with E-state index in [1.165, 1.54) is 6.26 Å². The molecule has 6 nitrogen and oxygen atoms in total. The van der Waals surface area contributed by atoms with Crippen molar-refractivity contribution in [3.05, 3.63) is 48.5 Å². The van der Waals surface area contributed by atoms with Crippen molar-refractivity contribution in [1.29, 1.82) is 0 Å². The van der Waals surface area contributed by atoms with Gasteiger partial charge in [0.25, 0.3) is 0 Å². The van der Waals surface area contributed by atoms with Gasteiger partial charge in [0.1, 0.15) is 11.9 Å². The molecule has 1 aliphatic rings. The zero-order chi connectivity index (χ0) is 21.0. The Kier molecular flexibility index (Phi) is 6.47. The van der Waals surface area contributed by atoms with Gasteiger partial charge in [0, 0.05) is 32.2 Å². The molecule has 0 atom stereocenters. The zero-order valence-electron chi connectivity index (χ0n) is 17.0. The van der Waals surface area contributed by atoms with Crippen molar-refractivity contribution in [1.82, 2.24) is 4.90 Å². The molecule has 0 aliphatic carbocycles. The summed E-state index contributed by atoms with van der Waals surface area (Å²) >= 11 is 0. The fourth-order valence-corrected chi connectivity index (χ4v) is 3.90. The highest BCUT2D eigenvalue weighted by Gasteiger charge is 2.25. The van der Waals surface area contributed by atoms with E-state index in [4.69, 9.17) is 9.47 Å². The lowest BCUT2D eigenvalue weighted by atomic mass is 10.1. The van der Waals surface area contributed by atoms with Crippen molar-refractivity contribution in [2.45, 2.75) is 43.8 Å². The van der Waals surface area contributed by atoms with Crippen LogP contribution in [0.1, 0.15) is 26.7 Å². The molecular weight excluding hydrogens is 390 g/mol. The zero-order valence-corrected chi connectivity index (χ0v) is 17.8. The van der Waals surface area contributed by atoms with Gasteiger partial charge in [0.15, 0.2) is 9.84 Å². The summed E-state index contributed by atoms with van der Waals surface area (Å²) in [5.41, 5.74) is 1.88. The second-order valence-electron chi connectivity index (χ2n) is 7.56. The van der Waals surface area contributed by atoms with Crippen LogP contribution in [0.25, 0.3) is 11.1 Å². The molecule has 1 aliphatic heterocycles. The average Bonchev–Trinajstić information content (AvgIpc) is 2.68. The van der Waals surface area contributed by atoms with Crippen LogP contribution in [0.3, 0.4) is 0 Å². The number of piperidine rings is 1. The first-order valence-corrected chi connectivity index (χ1v) is 11.6. The summed E-state index contributed by atoms with van der Waals surface area (Å²) in [7, 11) is -3.21. The summed E-state index contributed by atoms with van der Waals surface area (Å²) in [4.78, 5) is 14.0. The highest BCUT2D eigenvalue weighted by atomic mass is 32.2. The van der Waals surface area contributed by atoms with Crippen molar-refractivity contribution in [3.63, 3.8) is 0 Å². The van der Waals surface area contributed by atoms with E-state index in [1.54, 1.807) is 29.2 Å². The van der Waals surface area contributed by atoms with Gasteiger partial charge in [-0.15, -0.1) is 0 Å². The van der Waals surface area contributed by atoms with E-state index in [0.29, 0.717) is 18.0 Å². The lowest BCUT2D eigenvalue weighted by Crippen LogP contribution is -2.42. The first-order valence-electron chi connectivity index (χ1n) is 9.75. The van der Waals surface area contributed by atoms with Gasteiger partial charge in [-0.2, -0.15) is 0 Å². The molecule has 1 heterocycles. The van der Waals surface area contributed by atoms with Crippen LogP contribution >= 0.6 is 0 Å². The van der Waals surface area contributed by atoms with Crippen LogP contribution < -0.4 is 4.74 Å². The lowest BCUT2D eigenvalue weighted by molar-refractivity contribution is 0.0517. The predicted octanol–water partition coefficient (Wildman–Crippen LogP) is 4.15. The number of carbonyl (C=O) groups excluding carboxylic acids is 1. The maximum atomic E-state index is 12.0. The van der Waals surface area contributed by atoms with Crippen molar-refractivity contribution in [2.75, 3.05) is 19.3 Å². The second-order valence-corrected chi connectivity index (χ2v) is 9.58. The Balaban J connectivity index is 1.62. The number of ether oxygens (including phenoxy) is 2. The number of sulfone groups is 1. The third kappa shape index (κ3) is 5.73. The molecule has 0 radical (unpaired) electrons. The first kappa shape index (κ1) is 21.2. The standard InChI is InChI=1S/C22H27NO5S/c1-16(2)27-22(24)23-13-11-19(12-14-23)28-20-6-4-5-18(15-20)17-7-9-21(10-8-17)29(3,25)26/h4-10,15-16,19H,11-14H2,1-3H3. The Labute approximate surface area is 172 Å². The number of benzene rings is 2. The minimum absolute atomic E-state index is 0.0426. The largest absolute Gasteiger partial charge is 0.490 e. The van der Waals surface area contributed by atoms with Crippen molar-refractivity contribution in [2.24, 2.45) is 0 Å². The third-order valence-electron chi connectivity index (χ3n) is 4.79. The third-order valence-corrected chi connectivity index (χ3v) is 5.92. The second kappa shape index (κ2) is 8.86. The minimum Gasteiger partial charge on any atom is -0.490 e. The number of amides is 1. The fourth-order valence-electron chi connectivity index (χ4n) is 3.27. The molecule has 2 aromatic rings. The topological polar surface area (TPSA) is 72.9 Å². The van der Waals surface area contributed by atoms with Crippen LogP contribution in [0.4, 0.5) is 4.79 Å². The summed E-state index contributed by atoms with van der Waals surface area (Å²) in [5, 5.41) is 0. The molecule has 0 bridgehead atoms. The van der Waals surface area contributed by atoms with Crippen LogP contribution in [0.15, 0.2) is 53.4 Å². The van der Waals surface area contributed by atoms with E-state index < -0.39 is 9.84 Å². The fraction of sp³-hybridized carbons (Fsp3) is 0.409. The number of rotatable bonds is 5. The Bertz CT molecular complexity index is 945. The monoisotopic (exact) mass is 417 g/mol. The quantitative estimate of drug-likeness (QED) is 0.731. The molecule has 0 spiro atoms. The predicted molar refractivity (Wildman–Crippen MR) is 112 cm³/mol. The van der Waals surface area contributed by atoms with Gasteiger partial charge in [-0.3, -0.25) is 0 Å². The Morgan fingerprint density at radius 1 is 1.03 bits per heavy atom. The highest BCUT2D eigenvalue weighted by molar-refractivity contribution is 7.90. The van der Waals surface area contributed by atoms with Crippen molar-refractivity contribution < 1.29 is 22.7 Å². The van der Waals surface area contributed by atoms with E-state index >= 15 is 0 Å². The molecule has 7 heteroatoms. The molecule has 0 N–H and O–H groups in total. The normalized spacial score (nSPS) is 15.4. The van der Waals surface area contributed by atoms with E-state index in [9.17, 15) is 13.2 Å². The van der Waals surface area contributed by atoms with Gasteiger partial charge in [-0.25, -0.2) is 13.2 Å². The number of nitrogens with zero attached hydrogens (tertiary/aromatic N) is 1. The molecule has 0 saturated carbocycles. The van der Waals surface area contributed by atoms with Gasteiger partial charge < -0.3 is 14.4 Å². The number of carbonyl (C=O) groups is 1. The maximum Gasteiger partial charge on any atom is 0.410 e. The summed E-state index contributed by atoms with van der Waals surface area (Å²) in [6.07, 6.45) is 2.36. The van der Waals surface area contributed by atoms with Crippen LogP contribution in [0, 0.1) is 0 Å². The average molecular weight is 418 g/mol. The molecule has 29 heavy (non-hydrogen) atoms. The van der Waals surface area contributed by atoms with Gasteiger partial charge in [-0.1, -0.05) is 24.3 Å². The van der Waals surface area contributed by atoms with Gasteiger partial charge >= 0.3 is 6.09 Å². The maximum absolute atomic E-state index is 12.0. The van der Waals surface area contributed by atoms with E-state index in [1.807, 2.05) is 38.1 Å². The summed E-state index contributed by atoms with van der Waals surface area (Å²) < 4.78 is 34.6. The van der Waals surface area contributed by atoms with Crippen LogP contribution in [0.2, 0.25) is 0 Å². The van der Waals surface area contributed by atoms with Crippen molar-refractivity contribution >= 4 is 15.9 Å². The molecule has 0 aromatic heterocycles. The number of hydrogen-bond acceptors (Lipinski definition) is 5. The molecule has 1 amide bonds. The molecule has 1 saturated heterocycles. The molecule has 1 fully saturated rings. The molecule has 3 rings (SSSR count). The van der Waals surface area contributed by atoms with E-state index in [-0.39, 0.29) is 18.3 Å². The Hall–Kier alpha value is -2.54. The van der Waals surface area contributed by atoms with E-state index in [2.05, 4.69) is 0 Å². The number of hydrogen-bond donors (Lipinski definition) is 0. The molecular formula is C22H27NO5S. The Morgan fingerprint density at radius 2 is 1.69 bits per heavy atom. The molecule has 0 unspecified atom stereocenters. The number of likely N-dealkylation sites (tertiary alicyclic amines) is 1. The van der Waals surface area contributed by atoms with Crippen LogP contribution in [-0.4, -0.2) is 51.0 Å². The van der Waals surface area contributed by atoms with Gasteiger partial charge in [-0.05, 0) is 49.2 Å². The lowest BCUT2D eigenvalue weighted by Gasteiger charge is -2.32. The summed E-state index contributed by atoms with van der Waals surface area (Å²) in [5.74, 6) is 0.762. The van der Waals surface area contributed by atoms with Gasteiger partial charge in [0.2, 0.25) is 0 Å². The SMILES string of the molecule is CC(C)OC(=O)N1CCC(Oc2cccc(-c3ccc(S(C)(=O)=O)cc3)c2)CC1. The Morgan fingerprint density at radius 3 is 2.28 bits per heavy atom. The highest BCUT2D eigenvalue weighted by Crippen LogP contribution is 2.27. The van der Waals surface area contributed by atoms with Gasteiger partial charge in [0.05, 0.1) is 11.0 Å². The van der Waals surface area contributed by atoms with Crippen LogP contribution in [-0.2, 0) is 14.6 Å². The van der Waals surface area contributed by atoms with E-state index in [0.717, 1.165) is 29.7 Å². The minimum atomic E-state index is -3.21.